The topological polar surface area (TPSA) is 56.8 Å². The monoisotopic (exact) mass is 405 g/mol. The highest BCUT2D eigenvalue weighted by Crippen LogP contribution is 2.29. The minimum atomic E-state index is -2.93. The summed E-state index contributed by atoms with van der Waals surface area (Å²) < 4.78 is 39.9. The summed E-state index contributed by atoms with van der Waals surface area (Å²) in [6, 6.07) is 12.2. The first kappa shape index (κ1) is 22.2. The van der Waals surface area contributed by atoms with Gasteiger partial charge in [0, 0.05) is 12.6 Å². The maximum atomic E-state index is 12.5. The van der Waals surface area contributed by atoms with E-state index in [1.54, 1.807) is 18.2 Å². The molecule has 156 valence electrons. The molecule has 0 spiro atoms. The number of nitrogens with one attached hydrogen (secondary N) is 1. The van der Waals surface area contributed by atoms with Crippen LogP contribution in [0.4, 0.5) is 8.78 Å². The third-order valence-corrected chi connectivity index (χ3v) is 3.94. The molecular formula is C22H25F2NO4. The van der Waals surface area contributed by atoms with E-state index in [1.165, 1.54) is 19.3 Å². The highest BCUT2D eigenvalue weighted by molar-refractivity contribution is 5.91. The van der Waals surface area contributed by atoms with E-state index in [9.17, 15) is 13.6 Å². The van der Waals surface area contributed by atoms with Gasteiger partial charge in [-0.1, -0.05) is 25.1 Å². The van der Waals surface area contributed by atoms with Gasteiger partial charge in [0.15, 0.2) is 11.5 Å². The van der Waals surface area contributed by atoms with Gasteiger partial charge in [0.05, 0.1) is 13.7 Å². The molecule has 7 heteroatoms. The highest BCUT2D eigenvalue weighted by atomic mass is 19.3. The van der Waals surface area contributed by atoms with Gasteiger partial charge in [-0.25, -0.2) is 0 Å². The second-order valence-electron chi connectivity index (χ2n) is 6.16. The van der Waals surface area contributed by atoms with Crippen LogP contribution in [0.1, 0.15) is 24.5 Å². The predicted octanol–water partition coefficient (Wildman–Crippen LogP) is 4.46. The summed E-state index contributed by atoms with van der Waals surface area (Å²) in [4.78, 5) is 12.0. The van der Waals surface area contributed by atoms with Crippen molar-refractivity contribution < 1.29 is 27.8 Å². The lowest BCUT2D eigenvalue weighted by atomic mass is 10.1. The Balaban J connectivity index is 1.82. The quantitative estimate of drug-likeness (QED) is 0.561. The van der Waals surface area contributed by atoms with Crippen molar-refractivity contribution in [1.29, 1.82) is 0 Å². The number of hydrogen-bond donors (Lipinski definition) is 1. The van der Waals surface area contributed by atoms with E-state index in [0.717, 1.165) is 23.3 Å². The van der Waals surface area contributed by atoms with Crippen molar-refractivity contribution in [1.82, 2.24) is 5.32 Å². The van der Waals surface area contributed by atoms with Gasteiger partial charge in [0.25, 0.3) is 0 Å². The zero-order valence-electron chi connectivity index (χ0n) is 16.5. The zero-order chi connectivity index (χ0) is 21.1. The van der Waals surface area contributed by atoms with Crippen molar-refractivity contribution in [2.45, 2.75) is 26.4 Å². The summed E-state index contributed by atoms with van der Waals surface area (Å²) in [7, 11) is 1.38. The lowest BCUT2D eigenvalue weighted by Gasteiger charge is -2.11. The smallest absolute Gasteiger partial charge is 0.387 e. The molecule has 1 N–H and O–H groups in total. The van der Waals surface area contributed by atoms with Crippen LogP contribution < -0.4 is 19.5 Å². The van der Waals surface area contributed by atoms with Crippen molar-refractivity contribution in [3.05, 3.63) is 59.7 Å². The number of benzene rings is 2. The molecule has 2 aromatic rings. The fourth-order valence-corrected chi connectivity index (χ4v) is 2.52. The van der Waals surface area contributed by atoms with Crippen LogP contribution in [-0.4, -0.2) is 32.8 Å². The summed E-state index contributed by atoms with van der Waals surface area (Å²) >= 11 is 0. The molecule has 2 rings (SSSR count). The van der Waals surface area contributed by atoms with Crippen LogP contribution in [0, 0.1) is 0 Å². The Bertz CT molecular complexity index is 807. The molecule has 0 atom stereocenters. The Morgan fingerprint density at radius 3 is 2.55 bits per heavy atom. The minimum Gasteiger partial charge on any atom is -0.494 e. The number of carbonyl (C=O) groups excluding carboxylic acids is 1. The molecule has 29 heavy (non-hydrogen) atoms. The third kappa shape index (κ3) is 7.81. The second kappa shape index (κ2) is 11.7. The van der Waals surface area contributed by atoms with Gasteiger partial charge in [-0.05, 0) is 54.3 Å². The number of halogens is 2. The molecule has 0 bridgehead atoms. The number of carbonyl (C=O) groups is 1. The number of ether oxygens (including phenoxy) is 3. The number of hydrogen-bond acceptors (Lipinski definition) is 4. The standard InChI is InChI=1S/C22H25F2NO4/c1-3-14-28-18-8-4-16(5-9-18)7-11-21(26)25-13-12-17-6-10-19(27-2)20(15-17)29-22(23)24/h4-11,15,22H,3,12-14H2,1-2H3,(H,25,26)/b11-7+. The van der Waals surface area contributed by atoms with Gasteiger partial charge in [-0.3, -0.25) is 4.79 Å². The Hall–Kier alpha value is -3.09. The molecule has 0 radical (unpaired) electrons. The number of alkyl halides is 2. The highest BCUT2D eigenvalue weighted by Gasteiger charge is 2.11. The summed E-state index contributed by atoms with van der Waals surface area (Å²) in [5, 5.41) is 2.76. The van der Waals surface area contributed by atoms with Gasteiger partial charge in [-0.15, -0.1) is 0 Å². The predicted molar refractivity (Wildman–Crippen MR) is 108 cm³/mol. The number of rotatable bonds is 11. The molecule has 0 aromatic heterocycles. The maximum absolute atomic E-state index is 12.5. The van der Waals surface area contributed by atoms with Crippen LogP contribution in [0.25, 0.3) is 6.08 Å². The number of amides is 1. The van der Waals surface area contributed by atoms with E-state index in [4.69, 9.17) is 9.47 Å². The van der Waals surface area contributed by atoms with Crippen molar-refractivity contribution in [3.63, 3.8) is 0 Å². The summed E-state index contributed by atoms with van der Waals surface area (Å²) in [6.45, 7) is 0.131. The lowest BCUT2D eigenvalue weighted by Crippen LogP contribution is -2.23. The van der Waals surface area contributed by atoms with Gasteiger partial charge < -0.3 is 19.5 Å². The molecule has 0 fully saturated rings. The van der Waals surface area contributed by atoms with Crippen LogP contribution in [0.3, 0.4) is 0 Å². The second-order valence-corrected chi connectivity index (χ2v) is 6.16. The molecule has 0 saturated carbocycles. The van der Waals surface area contributed by atoms with E-state index >= 15 is 0 Å². The van der Waals surface area contributed by atoms with Crippen molar-refractivity contribution in [2.75, 3.05) is 20.3 Å². The Morgan fingerprint density at radius 2 is 1.90 bits per heavy atom. The van der Waals surface area contributed by atoms with E-state index < -0.39 is 6.61 Å². The minimum absolute atomic E-state index is 0.0300. The average Bonchev–Trinajstić information content (AvgIpc) is 2.71. The molecule has 1 amide bonds. The van der Waals surface area contributed by atoms with Crippen molar-refractivity contribution in [2.24, 2.45) is 0 Å². The first-order valence-corrected chi connectivity index (χ1v) is 9.32. The van der Waals surface area contributed by atoms with E-state index in [1.807, 2.05) is 31.2 Å². The van der Waals surface area contributed by atoms with Crippen molar-refractivity contribution >= 4 is 12.0 Å². The largest absolute Gasteiger partial charge is 0.494 e. The molecule has 0 aliphatic rings. The summed E-state index contributed by atoms with van der Waals surface area (Å²) in [5.41, 5.74) is 1.63. The van der Waals surface area contributed by atoms with Crippen LogP contribution in [0.2, 0.25) is 0 Å². The van der Waals surface area contributed by atoms with Crippen molar-refractivity contribution in [3.8, 4) is 17.2 Å². The fourth-order valence-electron chi connectivity index (χ4n) is 2.52. The molecule has 0 aliphatic heterocycles. The fraction of sp³-hybridized carbons (Fsp3) is 0.318. The molecule has 0 heterocycles. The normalized spacial score (nSPS) is 10.9. The first-order chi connectivity index (χ1) is 14.0. The lowest BCUT2D eigenvalue weighted by molar-refractivity contribution is -0.116. The Morgan fingerprint density at radius 1 is 1.14 bits per heavy atom. The van der Waals surface area contributed by atoms with E-state index in [-0.39, 0.29) is 17.4 Å². The number of methoxy groups -OCH3 is 1. The molecule has 0 saturated heterocycles. The van der Waals surface area contributed by atoms with Gasteiger partial charge in [0.1, 0.15) is 5.75 Å². The third-order valence-electron chi connectivity index (χ3n) is 3.94. The molecule has 5 nitrogen and oxygen atoms in total. The zero-order valence-corrected chi connectivity index (χ0v) is 16.5. The maximum Gasteiger partial charge on any atom is 0.387 e. The van der Waals surface area contributed by atoms with E-state index in [2.05, 4.69) is 10.1 Å². The van der Waals surface area contributed by atoms with E-state index in [0.29, 0.717) is 19.6 Å². The average molecular weight is 405 g/mol. The molecule has 2 aromatic carbocycles. The van der Waals surface area contributed by atoms with Crippen LogP contribution in [0.5, 0.6) is 17.2 Å². The summed E-state index contributed by atoms with van der Waals surface area (Å²) in [5.74, 6) is 0.752. The van der Waals surface area contributed by atoms with Gasteiger partial charge in [0.2, 0.25) is 5.91 Å². The van der Waals surface area contributed by atoms with Crippen LogP contribution in [0.15, 0.2) is 48.5 Å². The van der Waals surface area contributed by atoms with Crippen LogP contribution in [-0.2, 0) is 11.2 Å². The molecule has 0 unspecified atom stereocenters. The first-order valence-electron chi connectivity index (χ1n) is 9.32. The Kier molecular flexibility index (Phi) is 8.95. The molecular weight excluding hydrogens is 380 g/mol. The SMILES string of the molecule is CCCOc1ccc(/C=C/C(=O)NCCc2ccc(OC)c(OC(F)F)c2)cc1. The Labute approximate surface area is 169 Å². The van der Waals surface area contributed by atoms with Gasteiger partial charge in [-0.2, -0.15) is 8.78 Å². The molecule has 0 aliphatic carbocycles. The summed E-state index contributed by atoms with van der Waals surface area (Å²) in [6.07, 6.45) is 4.56. The van der Waals surface area contributed by atoms with Crippen LogP contribution >= 0.6 is 0 Å². The van der Waals surface area contributed by atoms with Gasteiger partial charge >= 0.3 is 6.61 Å².